The van der Waals surface area contributed by atoms with E-state index in [1.54, 1.807) is 17.3 Å². The summed E-state index contributed by atoms with van der Waals surface area (Å²) in [4.78, 5) is 29.9. The molecular weight excluding hydrogens is 337 g/mol. The number of carbonyl (C=O) groups excluding carboxylic acids is 2. The van der Waals surface area contributed by atoms with Gasteiger partial charge in [-0.15, -0.1) is 0 Å². The van der Waals surface area contributed by atoms with Crippen molar-refractivity contribution in [2.75, 3.05) is 18.4 Å². The molecule has 7 nitrogen and oxygen atoms in total. The van der Waals surface area contributed by atoms with Crippen LogP contribution in [0.2, 0.25) is 0 Å². The number of anilines is 1. The molecule has 3 rings (SSSR count). The van der Waals surface area contributed by atoms with Gasteiger partial charge in [-0.1, -0.05) is 6.07 Å². The van der Waals surface area contributed by atoms with Crippen molar-refractivity contribution >= 4 is 17.7 Å². The summed E-state index contributed by atoms with van der Waals surface area (Å²) in [5.74, 6) is -0.361. The number of aromatic nitrogens is 1. The molecule has 2 heterocycles. The normalized spacial score (nSPS) is 16.2. The van der Waals surface area contributed by atoms with Crippen molar-refractivity contribution in [3.63, 3.8) is 0 Å². The second-order valence-electron chi connectivity index (χ2n) is 6.06. The van der Waals surface area contributed by atoms with Crippen molar-refractivity contribution in [3.8, 4) is 0 Å². The van der Waals surface area contributed by atoms with Gasteiger partial charge in [0.15, 0.2) is 0 Å². The van der Waals surface area contributed by atoms with Crippen molar-refractivity contribution in [1.82, 2.24) is 20.5 Å². The van der Waals surface area contributed by atoms with Crippen LogP contribution < -0.4 is 16.0 Å². The van der Waals surface area contributed by atoms with Crippen LogP contribution in [-0.4, -0.2) is 41.1 Å². The van der Waals surface area contributed by atoms with E-state index in [9.17, 15) is 14.0 Å². The Hall–Kier alpha value is -3.16. The molecule has 26 heavy (non-hydrogen) atoms. The van der Waals surface area contributed by atoms with E-state index < -0.39 is 0 Å². The van der Waals surface area contributed by atoms with Gasteiger partial charge in [-0.3, -0.25) is 4.98 Å². The summed E-state index contributed by atoms with van der Waals surface area (Å²) in [6, 6.07) is 8.57. The minimum Gasteiger partial charge on any atom is -0.334 e. The van der Waals surface area contributed by atoms with E-state index >= 15 is 0 Å². The summed E-state index contributed by atoms with van der Waals surface area (Å²) in [7, 11) is 0. The maximum Gasteiger partial charge on any atom is 0.319 e. The van der Waals surface area contributed by atoms with E-state index in [1.165, 1.54) is 24.3 Å². The molecule has 1 aliphatic heterocycles. The highest BCUT2D eigenvalue weighted by molar-refractivity contribution is 5.89. The molecule has 1 saturated heterocycles. The van der Waals surface area contributed by atoms with Gasteiger partial charge in [0.2, 0.25) is 0 Å². The number of rotatable bonds is 4. The van der Waals surface area contributed by atoms with Crippen molar-refractivity contribution < 1.29 is 14.0 Å². The molecule has 1 aliphatic rings. The Morgan fingerprint density at radius 1 is 1.23 bits per heavy atom. The van der Waals surface area contributed by atoms with Gasteiger partial charge in [-0.2, -0.15) is 0 Å². The lowest BCUT2D eigenvalue weighted by molar-refractivity contribution is 0.207. The zero-order chi connectivity index (χ0) is 18.4. The number of hydrogen-bond acceptors (Lipinski definition) is 3. The molecule has 1 aromatic carbocycles. The van der Waals surface area contributed by atoms with E-state index in [0.29, 0.717) is 31.7 Å². The fourth-order valence-corrected chi connectivity index (χ4v) is 2.74. The fourth-order valence-electron chi connectivity index (χ4n) is 2.74. The lowest BCUT2D eigenvalue weighted by atomic mass is 10.3. The number of likely N-dealkylation sites (tertiary alicyclic amines) is 1. The molecule has 0 spiro atoms. The molecule has 4 amide bonds. The third-order valence-electron chi connectivity index (χ3n) is 4.08. The lowest BCUT2D eigenvalue weighted by Crippen LogP contribution is -2.43. The van der Waals surface area contributed by atoms with Gasteiger partial charge in [0, 0.05) is 43.8 Å². The third kappa shape index (κ3) is 4.92. The molecule has 0 bridgehead atoms. The van der Waals surface area contributed by atoms with Crippen molar-refractivity contribution in [2.45, 2.75) is 19.0 Å². The lowest BCUT2D eigenvalue weighted by Gasteiger charge is -2.18. The van der Waals surface area contributed by atoms with E-state index in [1.807, 2.05) is 12.1 Å². The van der Waals surface area contributed by atoms with E-state index in [0.717, 1.165) is 5.56 Å². The Morgan fingerprint density at radius 2 is 2.04 bits per heavy atom. The standard InChI is InChI=1S/C18H20FN5O2/c19-14-3-5-15(6-4-14)22-17(25)23-16-7-9-24(12-16)18(26)21-11-13-2-1-8-20-10-13/h1-6,8,10,16H,7,9,11-12H2,(H,21,26)(H2,22,23,25). The Labute approximate surface area is 150 Å². The summed E-state index contributed by atoms with van der Waals surface area (Å²) in [5, 5.41) is 8.31. The summed E-state index contributed by atoms with van der Waals surface area (Å²) in [6.45, 7) is 1.42. The molecule has 0 radical (unpaired) electrons. The highest BCUT2D eigenvalue weighted by Crippen LogP contribution is 2.11. The molecule has 1 unspecified atom stereocenters. The van der Waals surface area contributed by atoms with Gasteiger partial charge >= 0.3 is 12.1 Å². The fraction of sp³-hybridized carbons (Fsp3) is 0.278. The van der Waals surface area contributed by atoms with E-state index in [2.05, 4.69) is 20.9 Å². The molecule has 1 aromatic heterocycles. The first-order chi connectivity index (χ1) is 12.6. The number of halogens is 1. The SMILES string of the molecule is O=C(Nc1ccc(F)cc1)NC1CCN(C(=O)NCc2cccnc2)C1. The number of carbonyl (C=O) groups is 2. The minimum atomic E-state index is -0.376. The van der Waals surface area contributed by atoms with Gasteiger partial charge in [-0.05, 0) is 42.3 Å². The van der Waals surface area contributed by atoms with Gasteiger partial charge in [0.05, 0.1) is 0 Å². The number of urea groups is 2. The van der Waals surface area contributed by atoms with Crippen LogP contribution in [-0.2, 0) is 6.54 Å². The van der Waals surface area contributed by atoms with Crippen LogP contribution in [0.4, 0.5) is 19.7 Å². The van der Waals surface area contributed by atoms with Crippen LogP contribution in [0.3, 0.4) is 0 Å². The van der Waals surface area contributed by atoms with E-state index in [4.69, 9.17) is 0 Å². The van der Waals surface area contributed by atoms with Crippen LogP contribution in [0, 0.1) is 5.82 Å². The summed E-state index contributed by atoms with van der Waals surface area (Å²) in [6.07, 6.45) is 4.06. The predicted molar refractivity (Wildman–Crippen MR) is 95.0 cm³/mol. The van der Waals surface area contributed by atoms with Crippen LogP contribution in [0.1, 0.15) is 12.0 Å². The molecule has 3 N–H and O–H groups in total. The maximum absolute atomic E-state index is 12.9. The minimum absolute atomic E-state index is 0.125. The van der Waals surface area contributed by atoms with Crippen molar-refractivity contribution in [2.24, 2.45) is 0 Å². The average molecular weight is 357 g/mol. The molecule has 2 aromatic rings. The maximum atomic E-state index is 12.9. The molecule has 0 saturated carbocycles. The van der Waals surface area contributed by atoms with Gasteiger partial charge in [0.25, 0.3) is 0 Å². The van der Waals surface area contributed by atoms with Crippen molar-refractivity contribution in [1.29, 1.82) is 0 Å². The number of benzene rings is 1. The Kier molecular flexibility index (Phi) is 5.62. The number of hydrogen-bond donors (Lipinski definition) is 3. The summed E-state index contributed by atoms with van der Waals surface area (Å²) >= 11 is 0. The topological polar surface area (TPSA) is 86.4 Å². The van der Waals surface area contributed by atoms with Crippen LogP contribution in [0.5, 0.6) is 0 Å². The van der Waals surface area contributed by atoms with Crippen LogP contribution in [0.15, 0.2) is 48.8 Å². The molecule has 1 atom stereocenters. The van der Waals surface area contributed by atoms with Gasteiger partial charge in [0.1, 0.15) is 5.82 Å². The first kappa shape index (κ1) is 17.7. The molecule has 8 heteroatoms. The van der Waals surface area contributed by atoms with Gasteiger partial charge in [-0.25, -0.2) is 14.0 Å². The second-order valence-corrected chi connectivity index (χ2v) is 6.06. The highest BCUT2D eigenvalue weighted by Gasteiger charge is 2.27. The van der Waals surface area contributed by atoms with Crippen molar-refractivity contribution in [3.05, 3.63) is 60.2 Å². The molecule has 1 fully saturated rings. The first-order valence-electron chi connectivity index (χ1n) is 8.35. The highest BCUT2D eigenvalue weighted by atomic mass is 19.1. The number of pyridine rings is 1. The summed E-state index contributed by atoms with van der Waals surface area (Å²) < 4.78 is 12.9. The molecular formula is C18H20FN5O2. The smallest absolute Gasteiger partial charge is 0.319 e. The zero-order valence-corrected chi connectivity index (χ0v) is 14.1. The quantitative estimate of drug-likeness (QED) is 0.785. The largest absolute Gasteiger partial charge is 0.334 e. The van der Waals surface area contributed by atoms with Gasteiger partial charge < -0.3 is 20.9 Å². The Balaban J connectivity index is 1.42. The number of amides is 4. The first-order valence-corrected chi connectivity index (χ1v) is 8.35. The summed E-state index contributed by atoms with van der Waals surface area (Å²) in [5.41, 5.74) is 1.43. The third-order valence-corrected chi connectivity index (χ3v) is 4.08. The molecule has 0 aliphatic carbocycles. The van der Waals surface area contributed by atoms with E-state index in [-0.39, 0.29) is 23.9 Å². The average Bonchev–Trinajstić information content (AvgIpc) is 3.11. The van der Waals surface area contributed by atoms with Crippen LogP contribution in [0.25, 0.3) is 0 Å². The Bertz CT molecular complexity index is 754. The molecule has 136 valence electrons. The monoisotopic (exact) mass is 357 g/mol. The Morgan fingerprint density at radius 3 is 2.77 bits per heavy atom. The van der Waals surface area contributed by atoms with Crippen LogP contribution >= 0.6 is 0 Å². The zero-order valence-electron chi connectivity index (χ0n) is 14.1. The number of nitrogens with zero attached hydrogens (tertiary/aromatic N) is 2. The number of nitrogens with one attached hydrogen (secondary N) is 3. The predicted octanol–water partition coefficient (Wildman–Crippen LogP) is 2.33. The second kappa shape index (κ2) is 8.28.